The first kappa shape index (κ1) is 31.9. The lowest BCUT2D eigenvalue weighted by atomic mass is 9.88. The van der Waals surface area contributed by atoms with Crippen molar-refractivity contribution in [2.45, 2.75) is 91.4 Å². The van der Waals surface area contributed by atoms with E-state index >= 15 is 0 Å². The number of aryl methyl sites for hydroxylation is 2. The van der Waals surface area contributed by atoms with E-state index in [0.717, 1.165) is 78.3 Å². The zero-order chi connectivity index (χ0) is 31.4. The minimum absolute atomic E-state index is 0.153. The highest BCUT2D eigenvalue weighted by atomic mass is 16.1. The Hall–Kier alpha value is -3.49. The molecule has 3 aromatic rings. The Bertz CT molecular complexity index is 1500. The quantitative estimate of drug-likeness (QED) is 0.317. The minimum Gasteiger partial charge on any atom is -0.369 e. The van der Waals surface area contributed by atoms with Gasteiger partial charge >= 0.3 is 0 Å². The molecule has 236 valence electrons. The van der Waals surface area contributed by atoms with Crippen molar-refractivity contribution in [3.63, 3.8) is 0 Å². The second-order valence-electron chi connectivity index (χ2n) is 13.0. The molecule has 2 aliphatic rings. The van der Waals surface area contributed by atoms with E-state index in [-0.39, 0.29) is 18.0 Å². The van der Waals surface area contributed by atoms with E-state index in [1.807, 2.05) is 32.2 Å². The van der Waals surface area contributed by atoms with Crippen LogP contribution in [0.5, 0.6) is 0 Å². The Balaban J connectivity index is 1.47. The SMILES string of the molecule is CCN(c1cc(-c2ccc(CN3CCCC3)nc2)cc(C(=O)NCc2c(C)cc(C)[nH]c2=O)c1C)C1CCC(N(C)C)CC1. The molecule has 0 spiro atoms. The Morgan fingerprint density at radius 3 is 2.32 bits per heavy atom. The maximum absolute atomic E-state index is 13.8. The molecule has 0 bridgehead atoms. The topological polar surface area (TPSA) is 84.6 Å². The Morgan fingerprint density at radius 1 is 1.00 bits per heavy atom. The maximum atomic E-state index is 13.8. The van der Waals surface area contributed by atoms with Gasteiger partial charge in [0, 0.05) is 66.0 Å². The van der Waals surface area contributed by atoms with Crippen LogP contribution in [0.15, 0.2) is 41.3 Å². The van der Waals surface area contributed by atoms with Gasteiger partial charge in [0.1, 0.15) is 0 Å². The van der Waals surface area contributed by atoms with Gasteiger partial charge in [0.05, 0.1) is 5.69 Å². The van der Waals surface area contributed by atoms with Crippen LogP contribution in [-0.2, 0) is 13.1 Å². The predicted molar refractivity (Wildman–Crippen MR) is 179 cm³/mol. The van der Waals surface area contributed by atoms with Gasteiger partial charge in [-0.25, -0.2) is 0 Å². The van der Waals surface area contributed by atoms with Gasteiger partial charge in [0.15, 0.2) is 0 Å². The molecule has 1 aliphatic heterocycles. The zero-order valence-corrected chi connectivity index (χ0v) is 27.5. The zero-order valence-electron chi connectivity index (χ0n) is 27.5. The van der Waals surface area contributed by atoms with Crippen LogP contribution in [0.25, 0.3) is 11.1 Å². The monoisotopic (exact) mass is 598 g/mol. The highest BCUT2D eigenvalue weighted by molar-refractivity contribution is 5.99. The summed E-state index contributed by atoms with van der Waals surface area (Å²) in [5.74, 6) is -0.170. The Labute approximate surface area is 262 Å². The highest BCUT2D eigenvalue weighted by Gasteiger charge is 2.28. The van der Waals surface area contributed by atoms with Crippen LogP contribution in [0.1, 0.15) is 83.9 Å². The summed E-state index contributed by atoms with van der Waals surface area (Å²) in [5.41, 5.74) is 7.91. The van der Waals surface area contributed by atoms with Gasteiger partial charge < -0.3 is 20.1 Å². The number of hydrogen-bond donors (Lipinski definition) is 2. The van der Waals surface area contributed by atoms with Crippen molar-refractivity contribution in [3.8, 4) is 11.1 Å². The number of carbonyl (C=O) groups excluding carboxylic acids is 1. The number of amides is 1. The second-order valence-corrected chi connectivity index (χ2v) is 13.0. The molecule has 0 radical (unpaired) electrons. The van der Waals surface area contributed by atoms with Crippen LogP contribution < -0.4 is 15.8 Å². The van der Waals surface area contributed by atoms with Gasteiger partial charge in [-0.2, -0.15) is 0 Å². The van der Waals surface area contributed by atoms with Crippen LogP contribution in [0.4, 0.5) is 5.69 Å². The lowest BCUT2D eigenvalue weighted by Gasteiger charge is -2.40. The molecule has 2 aromatic heterocycles. The van der Waals surface area contributed by atoms with Gasteiger partial charge in [-0.15, -0.1) is 0 Å². The Kier molecular flexibility index (Phi) is 10.2. The van der Waals surface area contributed by atoms with Crippen LogP contribution in [0.3, 0.4) is 0 Å². The van der Waals surface area contributed by atoms with Crippen molar-refractivity contribution in [2.75, 3.05) is 38.6 Å². The number of benzene rings is 1. The van der Waals surface area contributed by atoms with Crippen LogP contribution in [0, 0.1) is 20.8 Å². The number of H-pyrrole nitrogens is 1. The third kappa shape index (κ3) is 7.24. The lowest BCUT2D eigenvalue weighted by molar-refractivity contribution is 0.0950. The molecule has 44 heavy (non-hydrogen) atoms. The normalized spacial score (nSPS) is 19.0. The second kappa shape index (κ2) is 14.1. The summed E-state index contributed by atoms with van der Waals surface area (Å²) in [5, 5.41) is 3.06. The van der Waals surface area contributed by atoms with E-state index in [9.17, 15) is 9.59 Å². The third-order valence-electron chi connectivity index (χ3n) is 9.77. The van der Waals surface area contributed by atoms with E-state index in [2.05, 4.69) is 71.1 Å². The number of anilines is 1. The van der Waals surface area contributed by atoms with Crippen molar-refractivity contribution in [3.05, 3.63) is 80.5 Å². The summed E-state index contributed by atoms with van der Waals surface area (Å²) in [7, 11) is 4.36. The van der Waals surface area contributed by atoms with E-state index in [1.54, 1.807) is 0 Å². The van der Waals surface area contributed by atoms with Crippen LogP contribution in [-0.4, -0.2) is 71.5 Å². The summed E-state index contributed by atoms with van der Waals surface area (Å²) < 4.78 is 0. The summed E-state index contributed by atoms with van der Waals surface area (Å²) in [6.45, 7) is 12.3. The molecule has 1 aliphatic carbocycles. The molecule has 8 nitrogen and oxygen atoms in total. The molecule has 1 saturated carbocycles. The smallest absolute Gasteiger partial charge is 0.253 e. The minimum atomic E-state index is -0.170. The van der Waals surface area contributed by atoms with Crippen LogP contribution >= 0.6 is 0 Å². The first-order valence-electron chi connectivity index (χ1n) is 16.4. The van der Waals surface area contributed by atoms with Crippen molar-refractivity contribution < 1.29 is 4.79 Å². The molecule has 8 heteroatoms. The van der Waals surface area contributed by atoms with Crippen LogP contribution in [0.2, 0.25) is 0 Å². The van der Waals surface area contributed by atoms with Crippen molar-refractivity contribution in [1.82, 2.24) is 25.1 Å². The summed E-state index contributed by atoms with van der Waals surface area (Å²) in [6, 6.07) is 11.5. The van der Waals surface area contributed by atoms with Crippen molar-refractivity contribution in [1.29, 1.82) is 0 Å². The fraction of sp³-hybridized carbons (Fsp3) is 0.528. The highest BCUT2D eigenvalue weighted by Crippen LogP contribution is 2.35. The van der Waals surface area contributed by atoms with Gasteiger partial charge in [-0.05, 0) is 134 Å². The van der Waals surface area contributed by atoms with Gasteiger partial charge in [-0.1, -0.05) is 6.07 Å². The fourth-order valence-corrected chi connectivity index (χ4v) is 7.14. The van der Waals surface area contributed by atoms with E-state index in [1.165, 1.54) is 25.7 Å². The number of aromatic nitrogens is 2. The molecule has 2 N–H and O–H groups in total. The number of rotatable bonds is 10. The molecular formula is C36H50N6O2. The van der Waals surface area contributed by atoms with Gasteiger partial charge in [0.2, 0.25) is 0 Å². The predicted octanol–water partition coefficient (Wildman–Crippen LogP) is 5.59. The maximum Gasteiger partial charge on any atom is 0.253 e. The summed E-state index contributed by atoms with van der Waals surface area (Å²) in [4.78, 5) is 41.5. The van der Waals surface area contributed by atoms with Crippen molar-refractivity contribution >= 4 is 11.6 Å². The van der Waals surface area contributed by atoms with E-state index in [0.29, 0.717) is 23.2 Å². The number of likely N-dealkylation sites (tertiary alicyclic amines) is 1. The molecule has 1 amide bonds. The molecule has 1 aromatic carbocycles. The fourth-order valence-electron chi connectivity index (χ4n) is 7.14. The molecule has 5 rings (SSSR count). The summed E-state index contributed by atoms with van der Waals surface area (Å²) >= 11 is 0. The molecule has 3 heterocycles. The largest absolute Gasteiger partial charge is 0.369 e. The van der Waals surface area contributed by atoms with E-state index in [4.69, 9.17) is 4.98 Å². The van der Waals surface area contributed by atoms with Gasteiger partial charge in [-0.3, -0.25) is 19.5 Å². The number of nitrogens with one attached hydrogen (secondary N) is 2. The average Bonchev–Trinajstić information content (AvgIpc) is 3.51. The lowest BCUT2D eigenvalue weighted by Crippen LogP contribution is -2.42. The van der Waals surface area contributed by atoms with Crippen molar-refractivity contribution in [2.24, 2.45) is 0 Å². The Morgan fingerprint density at radius 2 is 1.70 bits per heavy atom. The number of carbonyl (C=O) groups is 1. The molecule has 1 saturated heterocycles. The molecule has 2 fully saturated rings. The first-order valence-corrected chi connectivity index (χ1v) is 16.4. The number of hydrogen-bond acceptors (Lipinski definition) is 6. The summed E-state index contributed by atoms with van der Waals surface area (Å²) in [6.07, 6.45) is 9.08. The standard InChI is InChI=1S/C36H50N6O2/c1-7-42(31-14-12-30(13-15-31)40(5)6)34-20-28(27-10-11-29(37-21-27)23-41-16-8-9-17-41)19-32(26(34)4)35(43)38-22-33-24(2)18-25(3)39-36(33)44/h10-11,18-21,30-31H,7-9,12-17,22-23H2,1-6H3,(H,38,43)(H,39,44). The average molecular weight is 599 g/mol. The molecule has 0 unspecified atom stereocenters. The van der Waals surface area contributed by atoms with E-state index < -0.39 is 0 Å². The number of nitrogens with zero attached hydrogens (tertiary/aromatic N) is 4. The van der Waals surface area contributed by atoms with Gasteiger partial charge in [0.25, 0.3) is 11.5 Å². The third-order valence-corrected chi connectivity index (χ3v) is 9.77. The number of aromatic amines is 1. The number of pyridine rings is 2. The molecular weight excluding hydrogens is 548 g/mol. The molecule has 0 atom stereocenters. The first-order chi connectivity index (χ1) is 21.1.